The van der Waals surface area contributed by atoms with Crippen LogP contribution >= 0.6 is 15.9 Å². The third-order valence-corrected chi connectivity index (χ3v) is 4.75. The Morgan fingerprint density at radius 2 is 2.00 bits per heavy atom. The van der Waals surface area contributed by atoms with Crippen LogP contribution in [0.4, 0.5) is 5.69 Å². The lowest BCUT2D eigenvalue weighted by atomic mass is 10.0. The first-order chi connectivity index (χ1) is 10.6. The molecule has 0 aromatic heterocycles. The van der Waals surface area contributed by atoms with Crippen LogP contribution in [0.15, 0.2) is 22.7 Å². The van der Waals surface area contributed by atoms with Crippen LogP contribution < -0.4 is 5.32 Å². The van der Waals surface area contributed by atoms with Crippen molar-refractivity contribution in [3.63, 3.8) is 0 Å². The quantitative estimate of drug-likeness (QED) is 0.890. The second-order valence-electron chi connectivity index (χ2n) is 5.89. The highest BCUT2D eigenvalue weighted by atomic mass is 79.9. The third-order valence-electron chi connectivity index (χ3n) is 4.26. The van der Waals surface area contributed by atoms with E-state index in [-0.39, 0.29) is 11.7 Å². The Morgan fingerprint density at radius 3 is 2.64 bits per heavy atom. The number of piperidine rings is 1. The van der Waals surface area contributed by atoms with Gasteiger partial charge in [0.15, 0.2) is 5.79 Å². The number of aryl methyl sites for hydroxylation is 1. The molecular weight excluding hydrogens is 348 g/mol. The summed E-state index contributed by atoms with van der Waals surface area (Å²) >= 11 is 3.43. The number of nitrogens with one attached hydrogen (secondary N) is 1. The van der Waals surface area contributed by atoms with Gasteiger partial charge in [0.05, 0.1) is 19.8 Å². The molecule has 2 heterocycles. The van der Waals surface area contributed by atoms with E-state index in [0.29, 0.717) is 19.8 Å². The molecule has 0 aliphatic carbocycles. The molecule has 1 aromatic rings. The molecule has 6 heteroatoms. The lowest BCUT2D eigenvalue weighted by molar-refractivity contribution is -0.185. The van der Waals surface area contributed by atoms with Gasteiger partial charge in [-0.2, -0.15) is 0 Å². The van der Waals surface area contributed by atoms with Gasteiger partial charge in [0.1, 0.15) is 0 Å². The first kappa shape index (κ1) is 15.9. The molecule has 1 spiro atoms. The number of ether oxygens (including phenoxy) is 2. The molecule has 0 saturated carbocycles. The Hall–Kier alpha value is -0.950. The molecule has 1 aromatic carbocycles. The zero-order valence-electron chi connectivity index (χ0n) is 12.7. The van der Waals surface area contributed by atoms with E-state index >= 15 is 0 Å². The van der Waals surface area contributed by atoms with Gasteiger partial charge in [-0.25, -0.2) is 0 Å². The minimum absolute atomic E-state index is 0.0228. The van der Waals surface area contributed by atoms with Crippen molar-refractivity contribution >= 4 is 27.5 Å². The number of halogens is 1. The molecule has 2 aliphatic rings. The summed E-state index contributed by atoms with van der Waals surface area (Å²) < 4.78 is 12.4. The van der Waals surface area contributed by atoms with Crippen LogP contribution in [0.3, 0.4) is 0 Å². The van der Waals surface area contributed by atoms with Crippen LogP contribution in [0.5, 0.6) is 0 Å². The molecule has 2 fully saturated rings. The fourth-order valence-electron chi connectivity index (χ4n) is 3.00. The van der Waals surface area contributed by atoms with Crippen molar-refractivity contribution in [1.29, 1.82) is 0 Å². The Labute approximate surface area is 139 Å². The fraction of sp³-hybridized carbons (Fsp3) is 0.562. The number of likely N-dealkylation sites (tertiary alicyclic amines) is 1. The maximum Gasteiger partial charge on any atom is 0.238 e. The Morgan fingerprint density at radius 1 is 1.32 bits per heavy atom. The van der Waals surface area contributed by atoms with Crippen LogP contribution in [0.25, 0.3) is 0 Å². The first-order valence-corrected chi connectivity index (χ1v) is 8.42. The fourth-order valence-corrected chi connectivity index (χ4v) is 3.47. The number of benzene rings is 1. The molecular formula is C16H21BrN2O3. The highest BCUT2D eigenvalue weighted by Crippen LogP contribution is 2.31. The van der Waals surface area contributed by atoms with E-state index in [0.717, 1.165) is 41.7 Å². The van der Waals surface area contributed by atoms with Crippen LogP contribution in [-0.2, 0) is 14.3 Å². The molecule has 1 N–H and O–H groups in total. The topological polar surface area (TPSA) is 50.8 Å². The second-order valence-corrected chi connectivity index (χ2v) is 6.81. The van der Waals surface area contributed by atoms with Gasteiger partial charge in [0.25, 0.3) is 0 Å². The van der Waals surface area contributed by atoms with Crippen LogP contribution in [0.1, 0.15) is 18.4 Å². The van der Waals surface area contributed by atoms with Crippen molar-refractivity contribution in [2.75, 3.05) is 38.2 Å². The predicted molar refractivity (Wildman–Crippen MR) is 87.8 cm³/mol. The number of carbonyl (C=O) groups is 1. The standard InChI is InChI=1S/C16H21BrN2O3/c1-12-10-13(17)2-3-14(12)18-15(20)11-19-6-4-16(5-7-19)21-8-9-22-16/h2-3,10H,4-9,11H2,1H3,(H,18,20). The molecule has 22 heavy (non-hydrogen) atoms. The summed E-state index contributed by atoms with van der Waals surface area (Å²) in [5.74, 6) is -0.357. The monoisotopic (exact) mass is 368 g/mol. The number of rotatable bonds is 3. The van der Waals surface area contributed by atoms with Gasteiger partial charge in [0.2, 0.25) is 5.91 Å². The van der Waals surface area contributed by atoms with Gasteiger partial charge in [-0.3, -0.25) is 9.69 Å². The van der Waals surface area contributed by atoms with Crippen molar-refractivity contribution in [1.82, 2.24) is 4.90 Å². The SMILES string of the molecule is Cc1cc(Br)ccc1NC(=O)CN1CCC2(CC1)OCCO2. The lowest BCUT2D eigenvalue weighted by Gasteiger charge is -2.37. The highest BCUT2D eigenvalue weighted by molar-refractivity contribution is 9.10. The van der Waals surface area contributed by atoms with Gasteiger partial charge in [0, 0.05) is 36.1 Å². The van der Waals surface area contributed by atoms with Crippen LogP contribution in [0.2, 0.25) is 0 Å². The summed E-state index contributed by atoms with van der Waals surface area (Å²) in [6.07, 6.45) is 1.66. The average molecular weight is 369 g/mol. The highest BCUT2D eigenvalue weighted by Gasteiger charge is 2.39. The molecule has 0 radical (unpaired) electrons. The largest absolute Gasteiger partial charge is 0.347 e. The Balaban J connectivity index is 1.50. The van der Waals surface area contributed by atoms with E-state index in [1.54, 1.807) is 0 Å². The van der Waals surface area contributed by atoms with Crippen molar-refractivity contribution in [2.24, 2.45) is 0 Å². The number of hydrogen-bond acceptors (Lipinski definition) is 4. The number of carbonyl (C=O) groups excluding carboxylic acids is 1. The van der Waals surface area contributed by atoms with Gasteiger partial charge in [-0.15, -0.1) is 0 Å². The predicted octanol–water partition coefficient (Wildman–Crippen LogP) is 2.53. The summed E-state index contributed by atoms with van der Waals surface area (Å²) in [6, 6.07) is 5.85. The van der Waals surface area contributed by atoms with Crippen LogP contribution in [-0.4, -0.2) is 49.4 Å². The zero-order chi connectivity index (χ0) is 15.6. The average Bonchev–Trinajstić information content (AvgIpc) is 2.93. The van der Waals surface area contributed by atoms with Gasteiger partial charge in [-0.1, -0.05) is 15.9 Å². The molecule has 0 atom stereocenters. The zero-order valence-corrected chi connectivity index (χ0v) is 14.3. The number of nitrogens with zero attached hydrogens (tertiary/aromatic N) is 1. The molecule has 5 nitrogen and oxygen atoms in total. The summed E-state index contributed by atoms with van der Waals surface area (Å²) in [7, 11) is 0. The van der Waals surface area contributed by atoms with Gasteiger partial charge < -0.3 is 14.8 Å². The Bertz CT molecular complexity index is 548. The minimum Gasteiger partial charge on any atom is -0.347 e. The summed E-state index contributed by atoms with van der Waals surface area (Å²) in [6.45, 7) is 5.41. The van der Waals surface area contributed by atoms with Crippen molar-refractivity contribution in [2.45, 2.75) is 25.6 Å². The minimum atomic E-state index is -0.380. The van der Waals surface area contributed by atoms with E-state index in [1.807, 2.05) is 25.1 Å². The van der Waals surface area contributed by atoms with Crippen molar-refractivity contribution in [3.8, 4) is 0 Å². The summed E-state index contributed by atoms with van der Waals surface area (Å²) in [5, 5.41) is 2.98. The lowest BCUT2D eigenvalue weighted by Crippen LogP contribution is -2.47. The van der Waals surface area contributed by atoms with Gasteiger partial charge in [-0.05, 0) is 30.7 Å². The molecule has 0 bridgehead atoms. The third kappa shape index (κ3) is 3.68. The Kier molecular flexibility index (Phi) is 4.82. The van der Waals surface area contributed by atoms with Crippen molar-refractivity contribution < 1.29 is 14.3 Å². The number of hydrogen-bond donors (Lipinski definition) is 1. The smallest absolute Gasteiger partial charge is 0.238 e. The molecule has 2 saturated heterocycles. The van der Waals surface area contributed by atoms with E-state index in [1.165, 1.54) is 0 Å². The maximum absolute atomic E-state index is 12.2. The number of anilines is 1. The van der Waals surface area contributed by atoms with Crippen molar-refractivity contribution in [3.05, 3.63) is 28.2 Å². The molecule has 1 amide bonds. The molecule has 2 aliphatic heterocycles. The van der Waals surface area contributed by atoms with E-state index < -0.39 is 0 Å². The maximum atomic E-state index is 12.2. The summed E-state index contributed by atoms with van der Waals surface area (Å²) in [4.78, 5) is 14.4. The van der Waals surface area contributed by atoms with Gasteiger partial charge >= 0.3 is 0 Å². The molecule has 120 valence electrons. The van der Waals surface area contributed by atoms with E-state index in [4.69, 9.17) is 9.47 Å². The van der Waals surface area contributed by atoms with E-state index in [9.17, 15) is 4.79 Å². The second kappa shape index (κ2) is 6.66. The number of amides is 1. The van der Waals surface area contributed by atoms with E-state index in [2.05, 4.69) is 26.1 Å². The first-order valence-electron chi connectivity index (χ1n) is 7.63. The molecule has 0 unspecified atom stereocenters. The molecule has 3 rings (SSSR count). The van der Waals surface area contributed by atoms with Crippen LogP contribution in [0, 0.1) is 6.92 Å². The summed E-state index contributed by atoms with van der Waals surface area (Å²) in [5.41, 5.74) is 1.91. The normalized spacial score (nSPS) is 21.2.